The number of carbonyl (C=O) groups is 2. The molecule has 0 spiro atoms. The van der Waals surface area contributed by atoms with Crippen LogP contribution in [0.4, 0.5) is 0 Å². The van der Waals surface area contributed by atoms with Crippen molar-refractivity contribution in [2.24, 2.45) is 11.8 Å². The first-order valence-corrected chi connectivity index (χ1v) is 8.53. The van der Waals surface area contributed by atoms with Crippen molar-refractivity contribution < 1.29 is 14.7 Å². The summed E-state index contributed by atoms with van der Waals surface area (Å²) in [7, 11) is 0. The zero-order valence-corrected chi connectivity index (χ0v) is 13.8. The fourth-order valence-corrected chi connectivity index (χ4v) is 4.08. The average Bonchev–Trinajstić information content (AvgIpc) is 3.28. The van der Waals surface area contributed by atoms with Crippen molar-refractivity contribution >= 4 is 11.9 Å². The summed E-state index contributed by atoms with van der Waals surface area (Å²) in [6.07, 6.45) is 4.17. The molecule has 2 aliphatic rings. The van der Waals surface area contributed by atoms with Gasteiger partial charge in [-0.15, -0.1) is 0 Å². The SMILES string of the molecule is Cc1ccccc1C1CC1C(=O)NC1(C)CCCCC1C(=O)O. The third-order valence-corrected chi connectivity index (χ3v) is 5.63. The van der Waals surface area contributed by atoms with E-state index in [1.165, 1.54) is 11.1 Å². The number of carbonyl (C=O) groups excluding carboxylic acids is 1. The molecule has 0 saturated heterocycles. The van der Waals surface area contributed by atoms with Crippen molar-refractivity contribution in [3.63, 3.8) is 0 Å². The Morgan fingerprint density at radius 2 is 2.00 bits per heavy atom. The summed E-state index contributed by atoms with van der Waals surface area (Å²) in [5.41, 5.74) is 1.86. The van der Waals surface area contributed by atoms with Gasteiger partial charge in [0.15, 0.2) is 0 Å². The normalized spacial score (nSPS) is 33.0. The first-order valence-electron chi connectivity index (χ1n) is 8.53. The maximum Gasteiger partial charge on any atom is 0.308 e. The van der Waals surface area contributed by atoms with E-state index in [2.05, 4.69) is 24.4 Å². The van der Waals surface area contributed by atoms with Crippen LogP contribution < -0.4 is 5.32 Å². The van der Waals surface area contributed by atoms with Crippen LogP contribution in [0.1, 0.15) is 56.1 Å². The number of benzene rings is 1. The monoisotopic (exact) mass is 315 g/mol. The molecule has 1 aromatic rings. The molecule has 124 valence electrons. The predicted octanol–water partition coefficient (Wildman–Crippen LogP) is 3.25. The summed E-state index contributed by atoms with van der Waals surface area (Å²) in [4.78, 5) is 24.2. The van der Waals surface area contributed by atoms with Crippen LogP contribution >= 0.6 is 0 Å². The van der Waals surface area contributed by atoms with Gasteiger partial charge in [-0.2, -0.15) is 0 Å². The molecule has 1 aromatic carbocycles. The number of aliphatic carboxylic acids is 1. The summed E-state index contributed by atoms with van der Waals surface area (Å²) < 4.78 is 0. The van der Waals surface area contributed by atoms with Crippen molar-refractivity contribution in [3.05, 3.63) is 35.4 Å². The highest BCUT2D eigenvalue weighted by Gasteiger charge is 2.48. The molecular formula is C19H25NO3. The summed E-state index contributed by atoms with van der Waals surface area (Å²) >= 11 is 0. The van der Waals surface area contributed by atoms with Crippen LogP contribution in [-0.4, -0.2) is 22.5 Å². The van der Waals surface area contributed by atoms with Gasteiger partial charge >= 0.3 is 5.97 Å². The Labute approximate surface area is 137 Å². The maximum atomic E-state index is 12.6. The molecule has 1 amide bonds. The number of rotatable bonds is 4. The second-order valence-corrected chi connectivity index (χ2v) is 7.35. The molecule has 4 nitrogen and oxygen atoms in total. The van der Waals surface area contributed by atoms with Gasteiger partial charge in [0.05, 0.1) is 11.5 Å². The zero-order chi connectivity index (χ0) is 16.6. The highest BCUT2D eigenvalue weighted by atomic mass is 16.4. The van der Waals surface area contributed by atoms with E-state index in [1.54, 1.807) is 0 Å². The highest BCUT2D eigenvalue weighted by Crippen LogP contribution is 2.49. The number of hydrogen-bond donors (Lipinski definition) is 2. The van der Waals surface area contributed by atoms with E-state index in [4.69, 9.17) is 0 Å². The van der Waals surface area contributed by atoms with Crippen molar-refractivity contribution in [2.45, 2.75) is 57.4 Å². The molecule has 2 saturated carbocycles. The lowest BCUT2D eigenvalue weighted by Gasteiger charge is -2.40. The van der Waals surface area contributed by atoms with Crippen molar-refractivity contribution in [3.8, 4) is 0 Å². The second kappa shape index (κ2) is 5.99. The third-order valence-electron chi connectivity index (χ3n) is 5.63. The molecule has 4 heteroatoms. The molecule has 2 aliphatic carbocycles. The van der Waals surface area contributed by atoms with Gasteiger partial charge in [-0.3, -0.25) is 9.59 Å². The quantitative estimate of drug-likeness (QED) is 0.896. The van der Waals surface area contributed by atoms with Crippen LogP contribution in [0.3, 0.4) is 0 Å². The highest BCUT2D eigenvalue weighted by molar-refractivity contribution is 5.84. The van der Waals surface area contributed by atoms with Gasteiger partial charge in [0, 0.05) is 5.92 Å². The summed E-state index contributed by atoms with van der Waals surface area (Å²) in [6.45, 7) is 3.97. The molecule has 2 N–H and O–H groups in total. The van der Waals surface area contributed by atoms with Gasteiger partial charge in [-0.05, 0) is 50.2 Å². The molecule has 3 rings (SSSR count). The molecule has 23 heavy (non-hydrogen) atoms. The Kier molecular flexibility index (Phi) is 4.17. The molecule has 0 radical (unpaired) electrons. The third kappa shape index (κ3) is 3.12. The first-order chi connectivity index (χ1) is 10.9. The van der Waals surface area contributed by atoms with Gasteiger partial charge in [0.25, 0.3) is 0 Å². The maximum absolute atomic E-state index is 12.6. The largest absolute Gasteiger partial charge is 0.481 e. The topological polar surface area (TPSA) is 66.4 Å². The molecule has 4 unspecified atom stereocenters. The molecule has 0 heterocycles. The lowest BCUT2D eigenvalue weighted by molar-refractivity contribution is -0.146. The summed E-state index contributed by atoms with van der Waals surface area (Å²) in [5.74, 6) is -0.973. The Morgan fingerprint density at radius 3 is 2.70 bits per heavy atom. The van der Waals surface area contributed by atoms with Gasteiger partial charge in [0.1, 0.15) is 0 Å². The smallest absolute Gasteiger partial charge is 0.308 e. The summed E-state index contributed by atoms with van der Waals surface area (Å²) in [6, 6.07) is 8.19. The van der Waals surface area contributed by atoms with Crippen molar-refractivity contribution in [2.75, 3.05) is 0 Å². The van der Waals surface area contributed by atoms with Crippen LogP contribution in [0.15, 0.2) is 24.3 Å². The second-order valence-electron chi connectivity index (χ2n) is 7.35. The lowest BCUT2D eigenvalue weighted by Crippen LogP contribution is -2.55. The molecule has 0 aliphatic heterocycles. The van der Waals surface area contributed by atoms with E-state index in [0.717, 1.165) is 25.7 Å². The molecule has 4 atom stereocenters. The van der Waals surface area contributed by atoms with Crippen molar-refractivity contribution in [1.29, 1.82) is 0 Å². The van der Waals surface area contributed by atoms with E-state index in [0.29, 0.717) is 6.42 Å². The van der Waals surface area contributed by atoms with E-state index in [9.17, 15) is 14.7 Å². The van der Waals surface area contributed by atoms with Crippen LogP contribution in [0.2, 0.25) is 0 Å². The minimum Gasteiger partial charge on any atom is -0.481 e. The minimum atomic E-state index is -0.793. The van der Waals surface area contributed by atoms with Gasteiger partial charge in [-0.25, -0.2) is 0 Å². The van der Waals surface area contributed by atoms with Gasteiger partial charge in [0.2, 0.25) is 5.91 Å². The van der Waals surface area contributed by atoms with E-state index >= 15 is 0 Å². The van der Waals surface area contributed by atoms with E-state index in [-0.39, 0.29) is 17.7 Å². The fraction of sp³-hybridized carbons (Fsp3) is 0.579. The Morgan fingerprint density at radius 1 is 1.26 bits per heavy atom. The van der Waals surface area contributed by atoms with Crippen LogP contribution in [-0.2, 0) is 9.59 Å². The average molecular weight is 315 g/mol. The van der Waals surface area contributed by atoms with Crippen LogP contribution in [0.5, 0.6) is 0 Å². The van der Waals surface area contributed by atoms with Gasteiger partial charge in [-0.1, -0.05) is 37.1 Å². The van der Waals surface area contributed by atoms with Crippen LogP contribution in [0.25, 0.3) is 0 Å². The molecule has 2 fully saturated rings. The number of carboxylic acids is 1. The van der Waals surface area contributed by atoms with E-state index < -0.39 is 17.4 Å². The number of nitrogens with one attached hydrogen (secondary N) is 1. The van der Waals surface area contributed by atoms with Crippen LogP contribution in [0, 0.1) is 18.8 Å². The number of carboxylic acid groups (broad SMARTS) is 1. The lowest BCUT2D eigenvalue weighted by atomic mass is 9.73. The standard InChI is InChI=1S/C19H25NO3/c1-12-7-3-4-8-13(12)14-11-15(14)17(21)20-19(2)10-6-5-9-16(19)18(22)23/h3-4,7-8,14-16H,5-6,9-11H2,1-2H3,(H,20,21)(H,22,23). The Balaban J connectivity index is 1.68. The number of amides is 1. The molecule has 0 bridgehead atoms. The summed E-state index contributed by atoms with van der Waals surface area (Å²) in [5, 5.41) is 12.5. The minimum absolute atomic E-state index is 0.00991. The van der Waals surface area contributed by atoms with E-state index in [1.807, 2.05) is 19.1 Å². The first kappa shape index (κ1) is 16.0. The fourth-order valence-electron chi connectivity index (χ4n) is 4.08. The number of aryl methyl sites for hydroxylation is 1. The zero-order valence-electron chi connectivity index (χ0n) is 13.8. The van der Waals surface area contributed by atoms with Gasteiger partial charge < -0.3 is 10.4 Å². The molecule has 0 aromatic heterocycles. The molecular weight excluding hydrogens is 290 g/mol. The predicted molar refractivity (Wildman–Crippen MR) is 88.2 cm³/mol. The Hall–Kier alpha value is -1.84. The number of hydrogen-bond acceptors (Lipinski definition) is 2. The van der Waals surface area contributed by atoms with Crippen molar-refractivity contribution in [1.82, 2.24) is 5.32 Å². The Bertz CT molecular complexity index is 627.